The van der Waals surface area contributed by atoms with Gasteiger partial charge in [-0.1, -0.05) is 12.1 Å². The monoisotopic (exact) mass is 264 g/mol. The molecule has 0 amide bonds. The number of aromatic nitrogens is 1. The Kier molecular flexibility index (Phi) is 4.28. The van der Waals surface area contributed by atoms with Crippen molar-refractivity contribution in [2.75, 3.05) is 5.32 Å². The van der Waals surface area contributed by atoms with Gasteiger partial charge in [-0.2, -0.15) is 8.78 Å². The van der Waals surface area contributed by atoms with Gasteiger partial charge in [-0.15, -0.1) is 0 Å². The average molecular weight is 264 g/mol. The van der Waals surface area contributed by atoms with Gasteiger partial charge in [0.05, 0.1) is 12.2 Å². The topological polar surface area (TPSA) is 34.1 Å². The third kappa shape index (κ3) is 4.21. The quantitative estimate of drug-likeness (QED) is 0.895. The Hall–Kier alpha value is -2.17. The molecule has 1 N–H and O–H groups in total. The molecule has 0 radical (unpaired) electrons. The second-order valence-electron chi connectivity index (χ2n) is 4.09. The summed E-state index contributed by atoms with van der Waals surface area (Å²) in [5.74, 6) is 0.136. The van der Waals surface area contributed by atoms with Crippen LogP contribution in [-0.2, 0) is 6.54 Å². The number of ether oxygens (including phenoxy) is 1. The van der Waals surface area contributed by atoms with Gasteiger partial charge in [-0.25, -0.2) is 0 Å². The molecule has 0 aliphatic rings. The van der Waals surface area contributed by atoms with Gasteiger partial charge >= 0.3 is 6.61 Å². The minimum absolute atomic E-state index is 0.136. The molecule has 100 valence electrons. The minimum atomic E-state index is -2.81. The van der Waals surface area contributed by atoms with Gasteiger partial charge in [-0.3, -0.25) is 4.98 Å². The molecule has 0 spiro atoms. The number of halogens is 2. The van der Waals surface area contributed by atoms with Crippen LogP contribution in [0.2, 0.25) is 0 Å². The van der Waals surface area contributed by atoms with Crippen molar-refractivity contribution in [3.05, 3.63) is 53.9 Å². The van der Waals surface area contributed by atoms with Gasteiger partial charge in [0, 0.05) is 18.0 Å². The van der Waals surface area contributed by atoms with Crippen LogP contribution in [0.25, 0.3) is 0 Å². The van der Waals surface area contributed by atoms with E-state index in [-0.39, 0.29) is 5.75 Å². The normalized spacial score (nSPS) is 10.5. The molecule has 1 heterocycles. The first-order valence-corrected chi connectivity index (χ1v) is 5.84. The molecule has 0 saturated heterocycles. The summed E-state index contributed by atoms with van der Waals surface area (Å²) in [6.45, 7) is -0.317. The summed E-state index contributed by atoms with van der Waals surface area (Å²) in [5.41, 5.74) is 2.68. The predicted octanol–water partition coefficient (Wildman–Crippen LogP) is 3.60. The fraction of sp³-hybridized carbons (Fsp3) is 0.214. The van der Waals surface area contributed by atoms with E-state index in [1.165, 1.54) is 12.1 Å². The number of pyridine rings is 1. The van der Waals surface area contributed by atoms with Crippen molar-refractivity contribution < 1.29 is 13.5 Å². The number of aryl methyl sites for hydroxylation is 1. The number of nitrogens with zero attached hydrogens (tertiary/aromatic N) is 1. The Bertz CT molecular complexity index is 529. The number of anilines is 1. The van der Waals surface area contributed by atoms with E-state index in [2.05, 4.69) is 15.0 Å². The zero-order valence-corrected chi connectivity index (χ0v) is 10.4. The van der Waals surface area contributed by atoms with Crippen LogP contribution in [0.3, 0.4) is 0 Å². The maximum absolute atomic E-state index is 12.1. The first-order chi connectivity index (χ1) is 9.13. The molecule has 0 fully saturated rings. The van der Waals surface area contributed by atoms with Crippen LogP contribution in [0.4, 0.5) is 14.5 Å². The average Bonchev–Trinajstić information content (AvgIpc) is 2.38. The summed E-state index contributed by atoms with van der Waals surface area (Å²) < 4.78 is 28.5. The predicted molar refractivity (Wildman–Crippen MR) is 69.4 cm³/mol. The summed E-state index contributed by atoms with van der Waals surface area (Å²) in [6.07, 6.45) is 1.79. The third-order valence-electron chi connectivity index (χ3n) is 2.51. The molecular formula is C14H14F2N2O. The minimum Gasteiger partial charge on any atom is -0.435 e. The molecule has 1 aromatic carbocycles. The molecule has 0 bridgehead atoms. The summed E-state index contributed by atoms with van der Waals surface area (Å²) >= 11 is 0. The van der Waals surface area contributed by atoms with Gasteiger partial charge in [0.1, 0.15) is 5.75 Å². The van der Waals surface area contributed by atoms with Crippen LogP contribution >= 0.6 is 0 Å². The van der Waals surface area contributed by atoms with Crippen molar-refractivity contribution in [1.29, 1.82) is 0 Å². The summed E-state index contributed by atoms with van der Waals surface area (Å²) in [5, 5.41) is 3.11. The highest BCUT2D eigenvalue weighted by atomic mass is 19.3. The van der Waals surface area contributed by atoms with E-state index in [4.69, 9.17) is 0 Å². The Morgan fingerprint density at radius 3 is 2.79 bits per heavy atom. The largest absolute Gasteiger partial charge is 0.435 e. The second kappa shape index (κ2) is 6.13. The van der Waals surface area contributed by atoms with E-state index >= 15 is 0 Å². The molecular weight excluding hydrogens is 250 g/mol. The van der Waals surface area contributed by atoms with Crippen molar-refractivity contribution in [2.24, 2.45) is 0 Å². The lowest BCUT2D eigenvalue weighted by Crippen LogP contribution is -2.04. The maximum atomic E-state index is 12.1. The van der Waals surface area contributed by atoms with Crippen LogP contribution < -0.4 is 10.1 Å². The van der Waals surface area contributed by atoms with E-state index in [9.17, 15) is 8.78 Å². The standard InChI is InChI=1S/C14H14F2N2O/c1-10-5-6-12(17-8-10)9-18-11-3-2-4-13(7-11)19-14(15)16/h2-8,14,18H,9H2,1H3. The highest BCUT2D eigenvalue weighted by molar-refractivity contribution is 5.48. The zero-order chi connectivity index (χ0) is 13.7. The molecule has 1 aromatic heterocycles. The molecule has 0 unspecified atom stereocenters. The van der Waals surface area contributed by atoms with Gasteiger partial charge in [0.15, 0.2) is 0 Å². The Morgan fingerprint density at radius 2 is 2.11 bits per heavy atom. The van der Waals surface area contributed by atoms with Gasteiger partial charge in [0.2, 0.25) is 0 Å². The fourth-order valence-corrected chi connectivity index (χ4v) is 1.58. The van der Waals surface area contributed by atoms with E-state index in [0.29, 0.717) is 12.2 Å². The lowest BCUT2D eigenvalue weighted by Gasteiger charge is -2.09. The van der Waals surface area contributed by atoms with E-state index < -0.39 is 6.61 Å². The van der Waals surface area contributed by atoms with Crippen LogP contribution in [-0.4, -0.2) is 11.6 Å². The van der Waals surface area contributed by atoms with Gasteiger partial charge in [0.25, 0.3) is 0 Å². The van der Waals surface area contributed by atoms with Crippen LogP contribution in [0.1, 0.15) is 11.3 Å². The van der Waals surface area contributed by atoms with E-state index in [1.54, 1.807) is 18.3 Å². The van der Waals surface area contributed by atoms with E-state index in [0.717, 1.165) is 11.3 Å². The zero-order valence-electron chi connectivity index (χ0n) is 10.4. The first kappa shape index (κ1) is 13.3. The molecule has 0 atom stereocenters. The number of benzene rings is 1. The highest BCUT2D eigenvalue weighted by Gasteiger charge is 2.04. The first-order valence-electron chi connectivity index (χ1n) is 5.84. The molecule has 5 heteroatoms. The number of hydrogen-bond acceptors (Lipinski definition) is 3. The lowest BCUT2D eigenvalue weighted by atomic mass is 10.2. The van der Waals surface area contributed by atoms with Crippen molar-refractivity contribution in [1.82, 2.24) is 4.98 Å². The SMILES string of the molecule is Cc1ccc(CNc2cccc(OC(F)F)c2)nc1. The van der Waals surface area contributed by atoms with Crippen LogP contribution in [0.15, 0.2) is 42.6 Å². The number of nitrogens with one attached hydrogen (secondary N) is 1. The smallest absolute Gasteiger partial charge is 0.387 e. The third-order valence-corrected chi connectivity index (χ3v) is 2.51. The summed E-state index contributed by atoms with van der Waals surface area (Å²) in [7, 11) is 0. The number of alkyl halides is 2. The molecule has 0 aliphatic heterocycles. The highest BCUT2D eigenvalue weighted by Crippen LogP contribution is 2.19. The molecule has 2 aromatic rings. The Morgan fingerprint density at radius 1 is 1.26 bits per heavy atom. The lowest BCUT2D eigenvalue weighted by molar-refractivity contribution is -0.0498. The molecule has 0 aliphatic carbocycles. The summed E-state index contributed by atoms with van der Waals surface area (Å²) in [4.78, 5) is 4.25. The van der Waals surface area contributed by atoms with Gasteiger partial charge < -0.3 is 10.1 Å². The maximum Gasteiger partial charge on any atom is 0.387 e. The van der Waals surface area contributed by atoms with E-state index in [1.807, 2.05) is 19.1 Å². The Balaban J connectivity index is 1.97. The van der Waals surface area contributed by atoms with Gasteiger partial charge in [-0.05, 0) is 30.7 Å². The fourth-order valence-electron chi connectivity index (χ4n) is 1.58. The second-order valence-corrected chi connectivity index (χ2v) is 4.09. The van der Waals surface area contributed by atoms with Crippen molar-refractivity contribution in [2.45, 2.75) is 20.1 Å². The van der Waals surface area contributed by atoms with Crippen LogP contribution in [0, 0.1) is 6.92 Å². The number of rotatable bonds is 5. The van der Waals surface area contributed by atoms with Crippen LogP contribution in [0.5, 0.6) is 5.75 Å². The molecule has 19 heavy (non-hydrogen) atoms. The van der Waals surface area contributed by atoms with Crippen molar-refractivity contribution in [3.8, 4) is 5.75 Å². The number of hydrogen-bond donors (Lipinski definition) is 1. The summed E-state index contributed by atoms with van der Waals surface area (Å²) in [6, 6.07) is 10.3. The molecule has 0 saturated carbocycles. The van der Waals surface area contributed by atoms with Crippen molar-refractivity contribution >= 4 is 5.69 Å². The Labute approximate surface area is 110 Å². The molecule has 3 nitrogen and oxygen atoms in total. The van der Waals surface area contributed by atoms with Crippen molar-refractivity contribution in [3.63, 3.8) is 0 Å². The molecule has 2 rings (SSSR count).